The Morgan fingerprint density at radius 1 is 1.09 bits per heavy atom. The molecule has 0 saturated heterocycles. The van der Waals surface area contributed by atoms with Gasteiger partial charge in [0.1, 0.15) is 0 Å². The molecule has 0 aliphatic rings. The number of hydrogen-bond acceptors (Lipinski definition) is 6. The normalized spacial score (nSPS) is 11.8. The van der Waals surface area contributed by atoms with Gasteiger partial charge in [-0.3, -0.25) is 14.3 Å². The molecule has 0 fully saturated rings. The van der Waals surface area contributed by atoms with Crippen LogP contribution in [0.1, 0.15) is 34.5 Å². The van der Waals surface area contributed by atoms with Gasteiger partial charge in [0.2, 0.25) is 5.91 Å². The van der Waals surface area contributed by atoms with Gasteiger partial charge in [-0.1, -0.05) is 0 Å². The minimum atomic E-state index is -4.40. The third-order valence-corrected chi connectivity index (χ3v) is 4.44. The van der Waals surface area contributed by atoms with Crippen molar-refractivity contribution in [1.29, 1.82) is 0 Å². The Balaban J connectivity index is 1.50. The lowest BCUT2D eigenvalue weighted by atomic mass is 10.2. The van der Waals surface area contributed by atoms with Crippen LogP contribution in [-0.2, 0) is 29.2 Å². The number of fused-ring (bicyclic) bond motifs is 1. The molecule has 0 bridgehead atoms. The van der Waals surface area contributed by atoms with Crippen molar-refractivity contribution >= 4 is 17.5 Å². The number of carbonyl (C=O) groups is 2. The SMILES string of the molecule is O=C(CCC(F)(F)F)NCc1cnn2cc(CNC(=O)c3cnn(CCOC(F)F)c3)nc2c1. The summed E-state index contributed by atoms with van der Waals surface area (Å²) < 4.78 is 67.4. The summed E-state index contributed by atoms with van der Waals surface area (Å²) in [4.78, 5) is 28.1. The van der Waals surface area contributed by atoms with E-state index in [1.165, 1.54) is 27.8 Å². The van der Waals surface area contributed by atoms with Gasteiger partial charge in [-0.15, -0.1) is 0 Å². The second kappa shape index (κ2) is 11.0. The molecule has 3 aromatic rings. The molecule has 0 aliphatic carbocycles. The fraction of sp³-hybridized carbons (Fsp3) is 0.421. The van der Waals surface area contributed by atoms with Crippen LogP contribution in [0.3, 0.4) is 0 Å². The van der Waals surface area contributed by atoms with Crippen LogP contribution >= 0.6 is 0 Å². The van der Waals surface area contributed by atoms with E-state index in [-0.39, 0.29) is 31.8 Å². The predicted octanol–water partition coefficient (Wildman–Crippen LogP) is 2.05. The molecule has 184 valence electrons. The van der Waals surface area contributed by atoms with Gasteiger partial charge in [0, 0.05) is 19.2 Å². The number of halogens is 5. The van der Waals surface area contributed by atoms with E-state index in [4.69, 9.17) is 0 Å². The number of carbonyl (C=O) groups excluding carboxylic acids is 2. The van der Waals surface area contributed by atoms with E-state index in [1.807, 2.05) is 0 Å². The highest BCUT2D eigenvalue weighted by molar-refractivity contribution is 5.93. The molecule has 0 unspecified atom stereocenters. The van der Waals surface area contributed by atoms with Crippen LogP contribution in [-0.4, -0.2) is 55.6 Å². The minimum absolute atomic E-state index is 0.00847. The Morgan fingerprint density at radius 2 is 1.88 bits per heavy atom. The number of rotatable bonds is 11. The third-order valence-electron chi connectivity index (χ3n) is 4.44. The van der Waals surface area contributed by atoms with Crippen LogP contribution in [0.4, 0.5) is 22.0 Å². The van der Waals surface area contributed by atoms with Gasteiger partial charge in [0.25, 0.3) is 5.91 Å². The fourth-order valence-electron chi connectivity index (χ4n) is 2.80. The molecule has 10 nitrogen and oxygen atoms in total. The number of imidazole rings is 1. The van der Waals surface area contributed by atoms with Crippen LogP contribution in [0, 0.1) is 0 Å². The first-order valence-electron chi connectivity index (χ1n) is 9.96. The predicted molar refractivity (Wildman–Crippen MR) is 105 cm³/mol. The van der Waals surface area contributed by atoms with Crippen molar-refractivity contribution in [2.24, 2.45) is 0 Å². The van der Waals surface area contributed by atoms with Crippen LogP contribution in [0.25, 0.3) is 5.65 Å². The van der Waals surface area contributed by atoms with Crippen LogP contribution in [0.5, 0.6) is 0 Å². The van der Waals surface area contributed by atoms with Crippen molar-refractivity contribution in [2.75, 3.05) is 6.61 Å². The van der Waals surface area contributed by atoms with Crippen molar-refractivity contribution in [1.82, 2.24) is 35.0 Å². The minimum Gasteiger partial charge on any atom is -0.352 e. The monoisotopic (exact) mass is 489 g/mol. The van der Waals surface area contributed by atoms with Crippen LogP contribution < -0.4 is 10.6 Å². The maximum Gasteiger partial charge on any atom is 0.389 e. The van der Waals surface area contributed by atoms with E-state index < -0.39 is 37.4 Å². The number of hydrogen-bond donors (Lipinski definition) is 2. The first-order chi connectivity index (χ1) is 16.1. The lowest BCUT2D eigenvalue weighted by Gasteiger charge is -2.07. The second-order valence-corrected chi connectivity index (χ2v) is 7.10. The molecule has 34 heavy (non-hydrogen) atoms. The molecule has 2 N–H and O–H groups in total. The number of ether oxygens (including phenoxy) is 1. The quantitative estimate of drug-likeness (QED) is 0.399. The molecular weight excluding hydrogens is 469 g/mol. The van der Waals surface area contributed by atoms with Crippen LogP contribution in [0.15, 0.2) is 30.9 Å². The summed E-state index contributed by atoms with van der Waals surface area (Å²) in [6.45, 7) is -3.03. The fourth-order valence-corrected chi connectivity index (χ4v) is 2.80. The van der Waals surface area contributed by atoms with Gasteiger partial charge < -0.3 is 15.4 Å². The van der Waals surface area contributed by atoms with Crippen LogP contribution in [0.2, 0.25) is 0 Å². The zero-order valence-electron chi connectivity index (χ0n) is 17.6. The second-order valence-electron chi connectivity index (χ2n) is 7.10. The molecule has 2 amide bonds. The van der Waals surface area contributed by atoms with Crippen molar-refractivity contribution in [2.45, 2.75) is 45.3 Å². The summed E-state index contributed by atoms with van der Waals surface area (Å²) in [5.41, 5.74) is 1.66. The first kappa shape index (κ1) is 25.0. The van der Waals surface area contributed by atoms with Gasteiger partial charge in [0.05, 0.1) is 56.0 Å². The molecule has 3 aromatic heterocycles. The topological polar surface area (TPSA) is 115 Å². The number of aromatic nitrogens is 5. The number of alkyl halides is 5. The van der Waals surface area contributed by atoms with Gasteiger partial charge in [-0.2, -0.15) is 32.1 Å². The zero-order chi connectivity index (χ0) is 24.7. The molecule has 3 rings (SSSR count). The number of nitrogens with zero attached hydrogens (tertiary/aromatic N) is 5. The highest BCUT2D eigenvalue weighted by Gasteiger charge is 2.27. The van der Waals surface area contributed by atoms with Crippen molar-refractivity contribution in [3.05, 3.63) is 47.7 Å². The molecular formula is C19H20F5N7O3. The number of nitrogens with one attached hydrogen (secondary N) is 2. The maximum absolute atomic E-state index is 12.3. The standard InChI is InChI=1S/C19H20F5N7O3/c20-18(21)34-4-3-30-10-13(8-27-30)17(33)26-9-14-11-31-15(29-14)5-12(7-28-31)6-25-16(32)1-2-19(22,23)24/h5,7-8,10-11,18H,1-4,6,9H2,(H,25,32)(H,26,33). The van der Waals surface area contributed by atoms with E-state index in [0.29, 0.717) is 16.9 Å². The molecule has 0 aromatic carbocycles. The Kier molecular flexibility index (Phi) is 8.09. The zero-order valence-corrected chi connectivity index (χ0v) is 17.6. The van der Waals surface area contributed by atoms with E-state index in [0.717, 1.165) is 0 Å². The first-order valence-corrected chi connectivity index (χ1v) is 9.96. The Hall–Kier alpha value is -3.62. The summed E-state index contributed by atoms with van der Waals surface area (Å²) in [5.74, 6) is -1.18. The summed E-state index contributed by atoms with van der Waals surface area (Å²) in [7, 11) is 0. The highest BCUT2D eigenvalue weighted by atomic mass is 19.4. The number of amides is 2. The van der Waals surface area contributed by atoms with E-state index in [1.54, 1.807) is 12.3 Å². The average Bonchev–Trinajstić information content (AvgIpc) is 3.40. The largest absolute Gasteiger partial charge is 0.389 e. The summed E-state index contributed by atoms with van der Waals surface area (Å²) in [5, 5.41) is 13.1. The molecule has 0 aliphatic heterocycles. The van der Waals surface area contributed by atoms with Gasteiger partial charge in [-0.05, 0) is 11.6 Å². The summed E-state index contributed by atoms with van der Waals surface area (Å²) in [6, 6.07) is 1.61. The molecule has 0 radical (unpaired) electrons. The van der Waals surface area contributed by atoms with Gasteiger partial charge >= 0.3 is 12.8 Å². The molecule has 0 atom stereocenters. The summed E-state index contributed by atoms with van der Waals surface area (Å²) >= 11 is 0. The van der Waals surface area contributed by atoms with E-state index in [2.05, 4.69) is 30.6 Å². The molecule has 0 spiro atoms. The van der Waals surface area contributed by atoms with E-state index >= 15 is 0 Å². The smallest absolute Gasteiger partial charge is 0.352 e. The Labute approximate surface area is 189 Å². The molecule has 3 heterocycles. The summed E-state index contributed by atoms with van der Waals surface area (Å²) in [6.07, 6.45) is -0.554. The molecule has 0 saturated carbocycles. The molecule has 15 heteroatoms. The highest BCUT2D eigenvalue weighted by Crippen LogP contribution is 2.21. The maximum atomic E-state index is 12.3. The lowest BCUT2D eigenvalue weighted by Crippen LogP contribution is -2.24. The average molecular weight is 489 g/mol. The Bertz CT molecular complexity index is 1130. The van der Waals surface area contributed by atoms with Crippen molar-refractivity contribution in [3.63, 3.8) is 0 Å². The van der Waals surface area contributed by atoms with Gasteiger partial charge in [0.15, 0.2) is 5.65 Å². The van der Waals surface area contributed by atoms with E-state index in [9.17, 15) is 31.5 Å². The Morgan fingerprint density at radius 3 is 2.62 bits per heavy atom. The van der Waals surface area contributed by atoms with Gasteiger partial charge in [-0.25, -0.2) is 9.50 Å². The third kappa shape index (κ3) is 7.75. The lowest BCUT2D eigenvalue weighted by molar-refractivity contribution is -0.144. The van der Waals surface area contributed by atoms with Crippen molar-refractivity contribution in [3.8, 4) is 0 Å². The van der Waals surface area contributed by atoms with Crippen molar-refractivity contribution < 1.29 is 36.3 Å².